The summed E-state index contributed by atoms with van der Waals surface area (Å²) in [4.78, 5) is 2.39. The van der Waals surface area contributed by atoms with Crippen LogP contribution in [-0.4, -0.2) is 19.7 Å². The van der Waals surface area contributed by atoms with E-state index in [1.165, 1.54) is 30.4 Å². The summed E-state index contributed by atoms with van der Waals surface area (Å²) in [7, 11) is 0. The van der Waals surface area contributed by atoms with E-state index in [4.69, 9.17) is 21.1 Å². The second kappa shape index (κ2) is 11.3. The molecule has 1 heterocycles. The molecule has 1 fully saturated rings. The second-order valence-electron chi connectivity index (χ2n) is 8.50. The van der Waals surface area contributed by atoms with E-state index in [1.54, 1.807) is 0 Å². The molecule has 0 amide bonds. The standard InChI is InChI=1S/C28H33ClN2O2/c1-3-32-28-17-22(11-14-27(28)33-20-23-10-6-5-9-21(23)2)19-30-24-12-13-26(25(29)18-24)31-15-7-4-8-16-31/h5-6,9-14,17-18,30H,3-4,7-8,15-16,19-20H2,1-2H3. The summed E-state index contributed by atoms with van der Waals surface area (Å²) in [5.74, 6) is 1.53. The third kappa shape index (κ3) is 6.14. The molecule has 3 aromatic carbocycles. The number of hydrogen-bond acceptors (Lipinski definition) is 4. The van der Waals surface area contributed by atoms with Crippen LogP contribution >= 0.6 is 11.6 Å². The summed E-state index contributed by atoms with van der Waals surface area (Å²) in [6.07, 6.45) is 3.79. The number of rotatable bonds is 9. The van der Waals surface area contributed by atoms with E-state index in [2.05, 4.69) is 47.5 Å². The fraction of sp³-hybridized carbons (Fsp3) is 0.357. The maximum Gasteiger partial charge on any atom is 0.161 e. The van der Waals surface area contributed by atoms with E-state index in [0.29, 0.717) is 19.8 Å². The van der Waals surface area contributed by atoms with Crippen molar-refractivity contribution in [3.05, 3.63) is 82.4 Å². The molecule has 0 radical (unpaired) electrons. The monoisotopic (exact) mass is 464 g/mol. The van der Waals surface area contributed by atoms with Crippen molar-refractivity contribution in [1.29, 1.82) is 0 Å². The Morgan fingerprint density at radius 1 is 0.909 bits per heavy atom. The molecule has 3 aromatic rings. The topological polar surface area (TPSA) is 33.7 Å². The van der Waals surface area contributed by atoms with Crippen LogP contribution in [0.4, 0.5) is 11.4 Å². The lowest BCUT2D eigenvalue weighted by Gasteiger charge is -2.29. The lowest BCUT2D eigenvalue weighted by Crippen LogP contribution is -2.29. The second-order valence-corrected chi connectivity index (χ2v) is 8.90. The number of piperidine rings is 1. The summed E-state index contributed by atoms with van der Waals surface area (Å²) >= 11 is 6.61. The molecule has 0 saturated carbocycles. The Morgan fingerprint density at radius 2 is 1.73 bits per heavy atom. The van der Waals surface area contributed by atoms with Crippen LogP contribution < -0.4 is 19.7 Å². The molecule has 33 heavy (non-hydrogen) atoms. The van der Waals surface area contributed by atoms with E-state index in [0.717, 1.165) is 46.5 Å². The van der Waals surface area contributed by atoms with E-state index in [-0.39, 0.29) is 0 Å². The Bertz CT molecular complexity index is 1060. The van der Waals surface area contributed by atoms with Crippen molar-refractivity contribution in [2.75, 3.05) is 29.9 Å². The van der Waals surface area contributed by atoms with Gasteiger partial charge in [-0.2, -0.15) is 0 Å². The molecule has 5 heteroatoms. The Kier molecular flexibility index (Phi) is 8.01. The van der Waals surface area contributed by atoms with Gasteiger partial charge in [-0.05, 0) is 80.1 Å². The molecule has 1 N–H and O–H groups in total. The van der Waals surface area contributed by atoms with Crippen molar-refractivity contribution in [2.24, 2.45) is 0 Å². The van der Waals surface area contributed by atoms with Gasteiger partial charge in [0.05, 0.1) is 17.3 Å². The third-order valence-corrected chi connectivity index (χ3v) is 6.40. The summed E-state index contributed by atoms with van der Waals surface area (Å²) in [6, 6.07) is 20.7. The van der Waals surface area contributed by atoms with Crippen molar-refractivity contribution < 1.29 is 9.47 Å². The average Bonchev–Trinajstić information content (AvgIpc) is 2.84. The normalized spacial score (nSPS) is 13.6. The molecule has 1 saturated heterocycles. The van der Waals surface area contributed by atoms with Crippen LogP contribution in [0.3, 0.4) is 0 Å². The van der Waals surface area contributed by atoms with Crippen LogP contribution in [-0.2, 0) is 13.2 Å². The Hall–Kier alpha value is -2.85. The van der Waals surface area contributed by atoms with Gasteiger partial charge >= 0.3 is 0 Å². The van der Waals surface area contributed by atoms with Gasteiger partial charge in [0, 0.05) is 25.3 Å². The van der Waals surface area contributed by atoms with Crippen LogP contribution in [0.15, 0.2) is 60.7 Å². The molecule has 0 aliphatic carbocycles. The van der Waals surface area contributed by atoms with E-state index in [9.17, 15) is 0 Å². The number of benzene rings is 3. The highest BCUT2D eigenvalue weighted by molar-refractivity contribution is 6.33. The number of halogens is 1. The molecule has 1 aliphatic rings. The van der Waals surface area contributed by atoms with Crippen molar-refractivity contribution in [2.45, 2.75) is 46.3 Å². The van der Waals surface area contributed by atoms with Gasteiger partial charge in [0.2, 0.25) is 0 Å². The fourth-order valence-electron chi connectivity index (χ4n) is 4.19. The molecule has 4 rings (SSSR count). The number of nitrogens with one attached hydrogen (secondary N) is 1. The van der Waals surface area contributed by atoms with Gasteiger partial charge in [0.1, 0.15) is 6.61 Å². The first-order chi connectivity index (χ1) is 16.1. The minimum Gasteiger partial charge on any atom is -0.490 e. The zero-order valence-electron chi connectivity index (χ0n) is 19.6. The largest absolute Gasteiger partial charge is 0.490 e. The molecule has 0 bridgehead atoms. The predicted octanol–water partition coefficient (Wildman–Crippen LogP) is 7.23. The predicted molar refractivity (Wildman–Crippen MR) is 138 cm³/mol. The summed E-state index contributed by atoms with van der Waals surface area (Å²) in [5, 5.41) is 4.29. The number of nitrogens with zero attached hydrogens (tertiary/aromatic N) is 1. The van der Waals surface area contributed by atoms with Crippen molar-refractivity contribution >= 4 is 23.0 Å². The van der Waals surface area contributed by atoms with E-state index < -0.39 is 0 Å². The average molecular weight is 465 g/mol. The molecule has 0 aromatic heterocycles. The molecule has 0 spiro atoms. The molecular weight excluding hydrogens is 432 g/mol. The van der Waals surface area contributed by atoms with Gasteiger partial charge in [-0.15, -0.1) is 0 Å². The van der Waals surface area contributed by atoms with Gasteiger partial charge in [0.25, 0.3) is 0 Å². The maximum absolute atomic E-state index is 6.61. The van der Waals surface area contributed by atoms with Gasteiger partial charge < -0.3 is 19.7 Å². The molecule has 1 aliphatic heterocycles. The smallest absolute Gasteiger partial charge is 0.161 e. The number of ether oxygens (including phenoxy) is 2. The highest BCUT2D eigenvalue weighted by atomic mass is 35.5. The third-order valence-electron chi connectivity index (χ3n) is 6.09. The zero-order chi connectivity index (χ0) is 23.0. The van der Waals surface area contributed by atoms with Gasteiger partial charge in [0.15, 0.2) is 11.5 Å². The minimum atomic E-state index is 0.520. The Labute approximate surface area is 202 Å². The van der Waals surface area contributed by atoms with Crippen molar-refractivity contribution in [3.8, 4) is 11.5 Å². The molecule has 0 atom stereocenters. The lowest BCUT2D eigenvalue weighted by molar-refractivity contribution is 0.268. The quantitative estimate of drug-likeness (QED) is 0.362. The first-order valence-corrected chi connectivity index (χ1v) is 12.2. The molecular formula is C28H33ClN2O2. The van der Waals surface area contributed by atoms with Crippen LogP contribution in [0.1, 0.15) is 42.9 Å². The summed E-state index contributed by atoms with van der Waals surface area (Å²) in [6.45, 7) is 8.05. The Morgan fingerprint density at radius 3 is 2.48 bits per heavy atom. The van der Waals surface area contributed by atoms with Gasteiger partial charge in [-0.25, -0.2) is 0 Å². The minimum absolute atomic E-state index is 0.520. The van der Waals surface area contributed by atoms with Gasteiger partial charge in [-0.3, -0.25) is 0 Å². The number of hydrogen-bond donors (Lipinski definition) is 1. The molecule has 4 nitrogen and oxygen atoms in total. The van der Waals surface area contributed by atoms with Crippen molar-refractivity contribution in [3.63, 3.8) is 0 Å². The van der Waals surface area contributed by atoms with E-state index in [1.807, 2.05) is 37.3 Å². The van der Waals surface area contributed by atoms with E-state index >= 15 is 0 Å². The zero-order valence-corrected chi connectivity index (χ0v) is 20.3. The highest BCUT2D eigenvalue weighted by Crippen LogP contribution is 2.32. The maximum atomic E-state index is 6.61. The lowest BCUT2D eigenvalue weighted by atomic mass is 10.1. The molecule has 0 unspecified atom stereocenters. The van der Waals surface area contributed by atoms with Gasteiger partial charge in [-0.1, -0.05) is 41.9 Å². The highest BCUT2D eigenvalue weighted by Gasteiger charge is 2.14. The summed E-state index contributed by atoms with van der Waals surface area (Å²) < 4.78 is 12.0. The number of anilines is 2. The van der Waals surface area contributed by atoms with Crippen LogP contribution in [0, 0.1) is 6.92 Å². The van der Waals surface area contributed by atoms with Crippen LogP contribution in [0.2, 0.25) is 5.02 Å². The Balaban J connectivity index is 1.40. The van der Waals surface area contributed by atoms with Crippen LogP contribution in [0.5, 0.6) is 11.5 Å². The summed E-state index contributed by atoms with van der Waals surface area (Å²) in [5.41, 5.74) is 5.67. The molecule has 174 valence electrons. The first-order valence-electron chi connectivity index (χ1n) is 11.9. The number of aryl methyl sites for hydroxylation is 1. The first kappa shape index (κ1) is 23.3. The SMILES string of the molecule is CCOc1cc(CNc2ccc(N3CCCCC3)c(Cl)c2)ccc1OCc1ccccc1C. The van der Waals surface area contributed by atoms with Crippen molar-refractivity contribution in [1.82, 2.24) is 0 Å². The fourth-order valence-corrected chi connectivity index (χ4v) is 4.49. The van der Waals surface area contributed by atoms with Crippen LogP contribution in [0.25, 0.3) is 0 Å².